The summed E-state index contributed by atoms with van der Waals surface area (Å²) in [5, 5.41) is 17.6. The van der Waals surface area contributed by atoms with Crippen molar-refractivity contribution in [1.29, 1.82) is 0 Å². The summed E-state index contributed by atoms with van der Waals surface area (Å²) in [6.45, 7) is 31.9. The van der Waals surface area contributed by atoms with Gasteiger partial charge in [0.25, 0.3) is 0 Å². The first kappa shape index (κ1) is 45.6. The van der Waals surface area contributed by atoms with Crippen molar-refractivity contribution in [1.82, 2.24) is 49.5 Å². The molecule has 0 radical (unpaired) electrons. The Labute approximate surface area is 320 Å². The quantitative estimate of drug-likeness (QED) is 0.157. The Bertz CT molecular complexity index is 1680. The molecule has 0 fully saturated rings. The van der Waals surface area contributed by atoms with Crippen LogP contribution in [0.15, 0.2) is 39.2 Å². The van der Waals surface area contributed by atoms with Crippen LogP contribution in [0.5, 0.6) is 0 Å². The van der Waals surface area contributed by atoms with Crippen molar-refractivity contribution in [2.24, 2.45) is 0 Å². The van der Waals surface area contributed by atoms with Gasteiger partial charge in [-0.2, -0.15) is 19.8 Å². The second kappa shape index (κ2) is 23.9. The standard InChI is InChI=1S/C7H9N.C6H9NO.C6H9NS.C5H7NO.C5H7NS.C4H7N3.C4H6N2S/c1-6-4-3-5-8-7(6)2;2*1-4-5(2)7-8-6(4)3;2*1-4-5(2)7-3-6-4;1-3-4(2)6-7-5-3;1-3-4(2)7-6-5-3/h3-5H,1-2H3;2*1-3H3;2*3H,1-2H3;1-2H3,(H,5,6,7);1-2H3. The molecule has 15 heteroatoms. The van der Waals surface area contributed by atoms with Crippen molar-refractivity contribution in [3.05, 3.63) is 119 Å². The molecule has 0 bridgehead atoms. The third kappa shape index (κ3) is 17.2. The monoisotopic (exact) mass is 766 g/mol. The molecular weight excluding hydrogens is 713 g/mol. The van der Waals surface area contributed by atoms with Gasteiger partial charge in [-0.1, -0.05) is 15.7 Å². The smallest absolute Gasteiger partial charge is 0.181 e. The van der Waals surface area contributed by atoms with Gasteiger partial charge in [-0.3, -0.25) is 4.98 Å². The second-order valence-corrected chi connectivity index (χ2v) is 14.7. The first-order valence-electron chi connectivity index (χ1n) is 16.5. The summed E-state index contributed by atoms with van der Waals surface area (Å²) in [6, 6.07) is 4.00. The minimum atomic E-state index is 0.903. The Balaban J connectivity index is 0.000000304. The zero-order valence-corrected chi connectivity index (χ0v) is 35.9. The Morgan fingerprint density at radius 2 is 1.21 bits per heavy atom. The van der Waals surface area contributed by atoms with Gasteiger partial charge in [0.15, 0.2) is 6.39 Å². The molecule has 0 spiro atoms. The van der Waals surface area contributed by atoms with Crippen LogP contribution in [0.4, 0.5) is 0 Å². The maximum absolute atomic E-state index is 4.85. The summed E-state index contributed by atoms with van der Waals surface area (Å²) in [6.07, 6.45) is 3.26. The largest absolute Gasteiger partial charge is 0.449 e. The molecule has 0 saturated heterocycles. The van der Waals surface area contributed by atoms with Crippen LogP contribution in [0.25, 0.3) is 0 Å². The van der Waals surface area contributed by atoms with Gasteiger partial charge in [-0.05, 0) is 151 Å². The average Bonchev–Trinajstić information content (AvgIpc) is 3.98. The van der Waals surface area contributed by atoms with E-state index in [0.29, 0.717) is 0 Å². The van der Waals surface area contributed by atoms with E-state index in [4.69, 9.17) is 8.94 Å². The SMILES string of the molecule is Cc1cccnc1C.Cc1n[nH]nc1C.Cc1ncoc1C.Cc1ncsc1C.Cc1nnsc1C.Cc1noc(C)c1C.Cc1nsc(C)c1C. The van der Waals surface area contributed by atoms with Crippen LogP contribution in [0.2, 0.25) is 0 Å². The van der Waals surface area contributed by atoms with Gasteiger partial charge >= 0.3 is 0 Å². The molecule has 52 heavy (non-hydrogen) atoms. The molecule has 0 aliphatic heterocycles. The van der Waals surface area contributed by atoms with Crippen molar-refractivity contribution >= 4 is 34.4 Å². The normalized spacial score (nSPS) is 9.54. The van der Waals surface area contributed by atoms with E-state index in [-0.39, 0.29) is 0 Å². The first-order valence-corrected chi connectivity index (χ1v) is 18.9. The molecule has 7 heterocycles. The van der Waals surface area contributed by atoms with Gasteiger partial charge < -0.3 is 8.94 Å². The molecule has 0 aliphatic rings. The minimum Gasteiger partial charge on any atom is -0.449 e. The third-order valence-corrected chi connectivity index (χ3v) is 10.4. The van der Waals surface area contributed by atoms with Gasteiger partial charge in [0.2, 0.25) is 0 Å². The molecule has 7 rings (SSSR count). The molecule has 0 atom stereocenters. The molecule has 282 valence electrons. The van der Waals surface area contributed by atoms with Gasteiger partial charge in [0.05, 0.1) is 45.4 Å². The predicted molar refractivity (Wildman–Crippen MR) is 214 cm³/mol. The van der Waals surface area contributed by atoms with Crippen LogP contribution < -0.4 is 0 Å². The van der Waals surface area contributed by atoms with Gasteiger partial charge in [0, 0.05) is 32.1 Å². The lowest BCUT2D eigenvalue weighted by Gasteiger charge is -1.92. The van der Waals surface area contributed by atoms with Gasteiger partial charge in [0.1, 0.15) is 11.5 Å². The van der Waals surface area contributed by atoms with Crippen LogP contribution in [-0.4, -0.2) is 49.5 Å². The highest BCUT2D eigenvalue weighted by Crippen LogP contribution is 2.14. The molecule has 0 aliphatic carbocycles. The fourth-order valence-corrected chi connectivity index (χ4v) is 4.71. The van der Waals surface area contributed by atoms with E-state index in [1.807, 2.05) is 101 Å². The molecule has 0 unspecified atom stereocenters. The van der Waals surface area contributed by atoms with E-state index < -0.39 is 0 Å². The molecule has 0 aromatic carbocycles. The predicted octanol–water partition coefficient (Wildman–Crippen LogP) is 9.99. The number of nitrogens with one attached hydrogen (secondary N) is 1. The number of oxazole rings is 1. The number of rotatable bonds is 0. The molecule has 1 N–H and O–H groups in total. The maximum Gasteiger partial charge on any atom is 0.181 e. The first-order chi connectivity index (χ1) is 24.5. The number of aromatic nitrogens is 10. The lowest BCUT2D eigenvalue weighted by molar-refractivity contribution is 0.392. The molecular formula is C37H54N10O2S3. The summed E-state index contributed by atoms with van der Waals surface area (Å²) in [7, 11) is 0. The topological polar surface area (TPSA) is 158 Å². The number of H-pyrrole nitrogens is 1. The van der Waals surface area contributed by atoms with Gasteiger partial charge in [-0.25, -0.2) is 9.97 Å². The Morgan fingerprint density at radius 3 is 1.38 bits per heavy atom. The van der Waals surface area contributed by atoms with Crippen LogP contribution in [0.3, 0.4) is 0 Å². The summed E-state index contributed by atoms with van der Waals surface area (Å²) in [5.74, 6) is 1.82. The zero-order chi connectivity index (χ0) is 39.4. The number of thiazole rings is 1. The van der Waals surface area contributed by atoms with E-state index in [0.717, 1.165) is 56.9 Å². The fourth-order valence-electron chi connectivity index (χ4n) is 2.96. The van der Waals surface area contributed by atoms with Crippen LogP contribution in [-0.2, 0) is 0 Å². The molecule has 0 saturated carbocycles. The third-order valence-electron chi connectivity index (χ3n) is 7.86. The highest BCUT2D eigenvalue weighted by Gasteiger charge is 2.00. The van der Waals surface area contributed by atoms with Crippen molar-refractivity contribution in [2.75, 3.05) is 0 Å². The van der Waals surface area contributed by atoms with E-state index >= 15 is 0 Å². The lowest BCUT2D eigenvalue weighted by atomic mass is 10.2. The summed E-state index contributed by atoms with van der Waals surface area (Å²) in [4.78, 5) is 15.8. The fraction of sp³-hybridized carbons (Fsp3) is 0.432. The maximum atomic E-state index is 4.85. The van der Waals surface area contributed by atoms with Crippen molar-refractivity contribution < 1.29 is 8.94 Å². The highest BCUT2D eigenvalue weighted by atomic mass is 32.1. The van der Waals surface area contributed by atoms with Gasteiger partial charge in [-0.15, -0.1) is 16.4 Å². The lowest BCUT2D eigenvalue weighted by Crippen LogP contribution is -1.81. The summed E-state index contributed by atoms with van der Waals surface area (Å²) >= 11 is 4.72. The Morgan fingerprint density at radius 1 is 0.558 bits per heavy atom. The number of aromatic amines is 1. The van der Waals surface area contributed by atoms with E-state index in [2.05, 4.69) is 83.2 Å². The highest BCUT2D eigenvalue weighted by molar-refractivity contribution is 7.09. The summed E-state index contributed by atoms with van der Waals surface area (Å²) < 4.78 is 17.6. The van der Waals surface area contributed by atoms with E-state index in [1.54, 1.807) is 22.9 Å². The molecule has 0 amide bonds. The second-order valence-electron chi connectivity index (χ2n) is 11.7. The average molecular weight is 767 g/mol. The van der Waals surface area contributed by atoms with E-state index in [9.17, 15) is 0 Å². The number of hydrogen-bond donors (Lipinski definition) is 1. The number of nitrogens with zero attached hydrogens (tertiary/aromatic N) is 9. The minimum absolute atomic E-state index is 0.903. The van der Waals surface area contributed by atoms with Crippen molar-refractivity contribution in [3.63, 3.8) is 0 Å². The Hall–Kier alpha value is -4.47. The number of aryl methyl sites for hydroxylation is 14. The zero-order valence-electron chi connectivity index (χ0n) is 33.5. The molecule has 7 aromatic heterocycles. The Kier molecular flexibility index (Phi) is 20.9. The van der Waals surface area contributed by atoms with Crippen molar-refractivity contribution in [2.45, 2.75) is 111 Å². The van der Waals surface area contributed by atoms with Crippen LogP contribution in [0.1, 0.15) is 88.4 Å². The van der Waals surface area contributed by atoms with Crippen LogP contribution in [0, 0.1) is 111 Å². The van der Waals surface area contributed by atoms with E-state index in [1.165, 1.54) is 49.4 Å². The number of hydrogen-bond acceptors (Lipinski definition) is 14. The van der Waals surface area contributed by atoms with Crippen LogP contribution >= 0.6 is 34.4 Å². The molecule has 12 nitrogen and oxygen atoms in total. The van der Waals surface area contributed by atoms with Crippen molar-refractivity contribution in [3.8, 4) is 0 Å². The number of pyridine rings is 1. The molecule has 7 aromatic rings. The summed E-state index contributed by atoms with van der Waals surface area (Å²) in [5.41, 5.74) is 14.0.